The maximum absolute atomic E-state index is 10.8. The molecule has 2 N–H and O–H groups in total. The van der Waals surface area contributed by atoms with Gasteiger partial charge in [-0.2, -0.15) is 0 Å². The molecular weight excluding hydrogens is 212 g/mol. The molecule has 0 saturated heterocycles. The lowest BCUT2D eigenvalue weighted by atomic mass is 9.92. The van der Waals surface area contributed by atoms with E-state index in [0.717, 1.165) is 0 Å². The van der Waals surface area contributed by atoms with Gasteiger partial charge in [0.2, 0.25) is 10.0 Å². The molecular formula is C10H22N2O2S. The van der Waals surface area contributed by atoms with Gasteiger partial charge < -0.3 is 5.32 Å². The molecule has 1 saturated carbocycles. The Kier molecular flexibility index (Phi) is 4.14. The van der Waals surface area contributed by atoms with E-state index in [1.807, 2.05) is 0 Å². The summed E-state index contributed by atoms with van der Waals surface area (Å²) in [6.07, 6.45) is 4.83. The number of rotatable bonds is 5. The molecule has 15 heavy (non-hydrogen) atoms. The molecule has 1 atom stereocenters. The summed E-state index contributed by atoms with van der Waals surface area (Å²) in [6.45, 7) is 5.76. The van der Waals surface area contributed by atoms with Crippen molar-refractivity contribution in [2.24, 2.45) is 5.41 Å². The van der Waals surface area contributed by atoms with Crippen LogP contribution in [-0.4, -0.2) is 33.8 Å². The topological polar surface area (TPSA) is 58.2 Å². The highest BCUT2D eigenvalue weighted by Crippen LogP contribution is 2.36. The standard InChI is InChI=1S/C10H22N2O2S/c1-10(2)5-4-9(8-10)11-6-7-12-15(3,13)14/h9,11-12H,4-8H2,1-3H3. The Hall–Kier alpha value is -0.130. The molecule has 0 aliphatic heterocycles. The monoisotopic (exact) mass is 234 g/mol. The molecule has 0 aromatic carbocycles. The van der Waals surface area contributed by atoms with Crippen LogP contribution in [0.15, 0.2) is 0 Å². The number of nitrogens with one attached hydrogen (secondary N) is 2. The molecule has 4 nitrogen and oxygen atoms in total. The summed E-state index contributed by atoms with van der Waals surface area (Å²) in [5.41, 5.74) is 0.446. The highest BCUT2D eigenvalue weighted by Gasteiger charge is 2.30. The van der Waals surface area contributed by atoms with E-state index in [4.69, 9.17) is 0 Å². The zero-order valence-corrected chi connectivity index (χ0v) is 10.7. The van der Waals surface area contributed by atoms with Crippen LogP contribution in [0.3, 0.4) is 0 Å². The number of hydrogen-bond acceptors (Lipinski definition) is 3. The van der Waals surface area contributed by atoms with Crippen molar-refractivity contribution in [2.45, 2.75) is 39.2 Å². The second-order valence-corrected chi connectivity index (χ2v) is 7.06. The van der Waals surface area contributed by atoms with E-state index in [-0.39, 0.29) is 0 Å². The van der Waals surface area contributed by atoms with Crippen molar-refractivity contribution in [1.82, 2.24) is 10.0 Å². The normalized spacial score (nSPS) is 25.7. The Bertz CT molecular complexity index is 299. The summed E-state index contributed by atoms with van der Waals surface area (Å²) in [4.78, 5) is 0. The Morgan fingerprint density at radius 1 is 1.33 bits per heavy atom. The van der Waals surface area contributed by atoms with Crippen LogP contribution in [0.1, 0.15) is 33.1 Å². The third kappa shape index (κ3) is 5.49. The van der Waals surface area contributed by atoms with Gasteiger partial charge in [0.25, 0.3) is 0 Å². The van der Waals surface area contributed by atoms with Gasteiger partial charge in [-0.05, 0) is 24.7 Å². The van der Waals surface area contributed by atoms with Crippen molar-refractivity contribution in [1.29, 1.82) is 0 Å². The molecule has 1 fully saturated rings. The summed E-state index contributed by atoms with van der Waals surface area (Å²) in [7, 11) is -3.03. The van der Waals surface area contributed by atoms with Gasteiger partial charge in [-0.15, -0.1) is 0 Å². The molecule has 90 valence electrons. The number of hydrogen-bond donors (Lipinski definition) is 2. The van der Waals surface area contributed by atoms with Crippen LogP contribution in [0.2, 0.25) is 0 Å². The molecule has 1 aliphatic rings. The Labute approximate surface area is 92.9 Å². The van der Waals surface area contributed by atoms with Gasteiger partial charge in [0, 0.05) is 19.1 Å². The number of sulfonamides is 1. The summed E-state index contributed by atoms with van der Waals surface area (Å²) in [5, 5.41) is 3.38. The van der Waals surface area contributed by atoms with Gasteiger partial charge in [0.1, 0.15) is 0 Å². The Morgan fingerprint density at radius 2 is 2.00 bits per heavy atom. The first-order chi connectivity index (χ1) is 6.79. The van der Waals surface area contributed by atoms with Crippen LogP contribution < -0.4 is 10.0 Å². The van der Waals surface area contributed by atoms with Crippen LogP contribution in [0.25, 0.3) is 0 Å². The fourth-order valence-electron chi connectivity index (χ4n) is 2.12. The summed E-state index contributed by atoms with van der Waals surface area (Å²) in [6, 6.07) is 0.557. The highest BCUT2D eigenvalue weighted by atomic mass is 32.2. The predicted octanol–water partition coefficient (Wildman–Crippen LogP) is 0.704. The van der Waals surface area contributed by atoms with E-state index in [9.17, 15) is 8.42 Å². The van der Waals surface area contributed by atoms with Crippen molar-refractivity contribution in [3.8, 4) is 0 Å². The van der Waals surface area contributed by atoms with Crippen molar-refractivity contribution in [3.05, 3.63) is 0 Å². The first kappa shape index (κ1) is 12.9. The third-order valence-corrected chi connectivity index (χ3v) is 3.62. The molecule has 5 heteroatoms. The minimum atomic E-state index is -3.03. The first-order valence-corrected chi connectivity index (χ1v) is 7.36. The van der Waals surface area contributed by atoms with E-state index in [2.05, 4.69) is 23.9 Å². The van der Waals surface area contributed by atoms with Gasteiger partial charge in [-0.3, -0.25) is 0 Å². The van der Waals surface area contributed by atoms with E-state index in [1.54, 1.807) is 0 Å². The minimum Gasteiger partial charge on any atom is -0.313 e. The average molecular weight is 234 g/mol. The molecule has 0 bridgehead atoms. The van der Waals surface area contributed by atoms with Crippen LogP contribution in [0, 0.1) is 5.41 Å². The van der Waals surface area contributed by atoms with Gasteiger partial charge in [-0.25, -0.2) is 13.1 Å². The SMILES string of the molecule is CC1(C)CCC(NCCNS(C)(=O)=O)C1. The third-order valence-electron chi connectivity index (χ3n) is 2.89. The fourth-order valence-corrected chi connectivity index (χ4v) is 2.60. The van der Waals surface area contributed by atoms with Crippen LogP contribution in [0.5, 0.6) is 0 Å². The maximum atomic E-state index is 10.8. The quantitative estimate of drug-likeness (QED) is 0.689. The zero-order valence-electron chi connectivity index (χ0n) is 9.84. The molecule has 0 amide bonds. The van der Waals surface area contributed by atoms with Crippen molar-refractivity contribution in [3.63, 3.8) is 0 Å². The lowest BCUT2D eigenvalue weighted by Gasteiger charge is -2.17. The van der Waals surface area contributed by atoms with Crippen LogP contribution >= 0.6 is 0 Å². The fraction of sp³-hybridized carbons (Fsp3) is 1.00. The molecule has 0 spiro atoms. The second-order valence-electron chi connectivity index (χ2n) is 5.22. The molecule has 0 heterocycles. The predicted molar refractivity (Wildman–Crippen MR) is 62.3 cm³/mol. The van der Waals surface area contributed by atoms with Gasteiger partial charge >= 0.3 is 0 Å². The largest absolute Gasteiger partial charge is 0.313 e. The van der Waals surface area contributed by atoms with E-state index in [1.165, 1.54) is 25.5 Å². The second kappa shape index (κ2) is 4.80. The average Bonchev–Trinajstić information content (AvgIpc) is 2.38. The summed E-state index contributed by atoms with van der Waals surface area (Å²) in [5.74, 6) is 0. The minimum absolute atomic E-state index is 0.446. The molecule has 1 rings (SSSR count). The van der Waals surface area contributed by atoms with E-state index in [0.29, 0.717) is 24.5 Å². The van der Waals surface area contributed by atoms with Gasteiger partial charge in [0.05, 0.1) is 6.26 Å². The molecule has 0 radical (unpaired) electrons. The van der Waals surface area contributed by atoms with Crippen LogP contribution in [-0.2, 0) is 10.0 Å². The first-order valence-electron chi connectivity index (χ1n) is 5.47. The van der Waals surface area contributed by atoms with Crippen molar-refractivity contribution < 1.29 is 8.42 Å². The lowest BCUT2D eigenvalue weighted by molar-refractivity contribution is 0.365. The molecule has 1 unspecified atom stereocenters. The zero-order chi connectivity index (χ0) is 11.5. The highest BCUT2D eigenvalue weighted by molar-refractivity contribution is 7.88. The Morgan fingerprint density at radius 3 is 2.47 bits per heavy atom. The Balaban J connectivity index is 2.12. The summed E-state index contributed by atoms with van der Waals surface area (Å²) < 4.78 is 24.1. The van der Waals surface area contributed by atoms with E-state index >= 15 is 0 Å². The van der Waals surface area contributed by atoms with Crippen LogP contribution in [0.4, 0.5) is 0 Å². The molecule has 1 aliphatic carbocycles. The van der Waals surface area contributed by atoms with Crippen molar-refractivity contribution in [2.75, 3.05) is 19.3 Å². The smallest absolute Gasteiger partial charge is 0.208 e. The van der Waals surface area contributed by atoms with Gasteiger partial charge in [-0.1, -0.05) is 13.8 Å². The van der Waals surface area contributed by atoms with Crippen molar-refractivity contribution >= 4 is 10.0 Å². The van der Waals surface area contributed by atoms with E-state index < -0.39 is 10.0 Å². The van der Waals surface area contributed by atoms with Gasteiger partial charge in [0.15, 0.2) is 0 Å². The molecule has 0 aromatic rings. The maximum Gasteiger partial charge on any atom is 0.208 e. The summed E-state index contributed by atoms with van der Waals surface area (Å²) >= 11 is 0. The molecule has 0 aromatic heterocycles. The lowest BCUT2D eigenvalue weighted by Crippen LogP contribution is -2.35.